The van der Waals surface area contributed by atoms with Gasteiger partial charge in [0.05, 0.1) is 0 Å². The molecule has 0 saturated carbocycles. The number of carboxylic acids is 1. The lowest BCUT2D eigenvalue weighted by molar-refractivity contribution is -0.131. The van der Waals surface area contributed by atoms with Gasteiger partial charge in [-0.2, -0.15) is 0 Å². The van der Waals surface area contributed by atoms with Crippen LogP contribution in [0.4, 0.5) is 0 Å². The number of aliphatic carboxylic acids is 1. The van der Waals surface area contributed by atoms with E-state index in [-0.39, 0.29) is 12.4 Å². The molecule has 1 saturated heterocycles. The molecule has 1 aliphatic heterocycles. The van der Waals surface area contributed by atoms with Crippen molar-refractivity contribution in [3.63, 3.8) is 0 Å². The number of carbonyl (C=O) groups is 1. The summed E-state index contributed by atoms with van der Waals surface area (Å²) < 4.78 is 0. The van der Waals surface area contributed by atoms with Crippen LogP contribution < -0.4 is 5.32 Å². The molecule has 0 aromatic heterocycles. The zero-order valence-electron chi connectivity index (χ0n) is 6.17. The third kappa shape index (κ3) is 4.01. The third-order valence-electron chi connectivity index (χ3n) is 1.53. The van der Waals surface area contributed by atoms with E-state index in [0.717, 1.165) is 31.5 Å². The molecule has 0 aromatic rings. The van der Waals surface area contributed by atoms with E-state index >= 15 is 0 Å². The monoisotopic (exact) mass is 177 g/mol. The van der Waals surface area contributed by atoms with E-state index in [4.69, 9.17) is 5.11 Å². The molecule has 4 heteroatoms. The summed E-state index contributed by atoms with van der Waals surface area (Å²) in [6.45, 7) is 1.75. The molecule has 1 fully saturated rings. The first-order valence-electron chi connectivity index (χ1n) is 3.42. The van der Waals surface area contributed by atoms with Gasteiger partial charge in [0.15, 0.2) is 0 Å². The van der Waals surface area contributed by atoms with Crippen molar-refractivity contribution in [1.29, 1.82) is 0 Å². The second kappa shape index (κ2) is 5.16. The lowest BCUT2D eigenvalue weighted by Gasteiger charge is -2.13. The van der Waals surface area contributed by atoms with Crippen molar-refractivity contribution in [3.05, 3.63) is 11.6 Å². The van der Waals surface area contributed by atoms with E-state index in [1.165, 1.54) is 6.08 Å². The zero-order chi connectivity index (χ0) is 7.40. The maximum atomic E-state index is 10.2. The molecular weight excluding hydrogens is 166 g/mol. The van der Waals surface area contributed by atoms with Gasteiger partial charge in [-0.3, -0.25) is 0 Å². The minimum atomic E-state index is -0.835. The number of hydrogen-bond donors (Lipinski definition) is 2. The molecule has 0 atom stereocenters. The molecule has 1 heterocycles. The molecule has 0 aromatic carbocycles. The average molecular weight is 178 g/mol. The highest BCUT2D eigenvalue weighted by Gasteiger charge is 2.04. The van der Waals surface area contributed by atoms with Crippen LogP contribution in [0.15, 0.2) is 11.6 Å². The third-order valence-corrected chi connectivity index (χ3v) is 1.53. The fraction of sp³-hybridized carbons (Fsp3) is 0.571. The van der Waals surface area contributed by atoms with Crippen LogP contribution >= 0.6 is 12.4 Å². The second-order valence-corrected chi connectivity index (χ2v) is 2.42. The molecular formula is C7H12ClNO2. The molecule has 0 bridgehead atoms. The summed E-state index contributed by atoms with van der Waals surface area (Å²) in [6.07, 6.45) is 3.28. The number of nitrogens with one attached hydrogen (secondary N) is 1. The Balaban J connectivity index is 0.000001000. The molecule has 0 radical (unpaired) electrons. The van der Waals surface area contributed by atoms with Crippen molar-refractivity contribution in [2.45, 2.75) is 12.8 Å². The van der Waals surface area contributed by atoms with Crippen molar-refractivity contribution < 1.29 is 9.90 Å². The molecule has 1 aliphatic rings. The number of rotatable bonds is 1. The molecule has 64 valence electrons. The number of piperidine rings is 1. The lowest BCUT2D eigenvalue weighted by atomic mass is 10.1. The predicted octanol–water partition coefficient (Wildman–Crippen LogP) is 0.803. The summed E-state index contributed by atoms with van der Waals surface area (Å²) in [5, 5.41) is 11.5. The van der Waals surface area contributed by atoms with E-state index < -0.39 is 5.97 Å². The first-order chi connectivity index (χ1) is 4.79. The fourth-order valence-corrected chi connectivity index (χ4v) is 1.08. The lowest BCUT2D eigenvalue weighted by Crippen LogP contribution is -2.24. The van der Waals surface area contributed by atoms with Gasteiger partial charge in [0.1, 0.15) is 0 Å². The minimum absolute atomic E-state index is 0. The van der Waals surface area contributed by atoms with Crippen LogP contribution in [-0.2, 0) is 4.79 Å². The number of hydrogen-bond acceptors (Lipinski definition) is 2. The SMILES string of the molecule is Cl.O=C(O)/C=C1/CCCNC1. The molecule has 0 spiro atoms. The first-order valence-corrected chi connectivity index (χ1v) is 3.42. The normalized spacial score (nSPS) is 20.9. The largest absolute Gasteiger partial charge is 0.478 e. The Labute approximate surface area is 71.9 Å². The molecule has 0 amide bonds. The topological polar surface area (TPSA) is 49.3 Å². The highest BCUT2D eigenvalue weighted by molar-refractivity contribution is 5.85. The van der Waals surface area contributed by atoms with Crippen molar-refractivity contribution in [1.82, 2.24) is 5.32 Å². The van der Waals surface area contributed by atoms with Crippen molar-refractivity contribution >= 4 is 18.4 Å². The van der Waals surface area contributed by atoms with Crippen molar-refractivity contribution in [3.8, 4) is 0 Å². The summed E-state index contributed by atoms with van der Waals surface area (Å²) >= 11 is 0. The molecule has 3 nitrogen and oxygen atoms in total. The fourth-order valence-electron chi connectivity index (χ4n) is 1.08. The van der Waals surface area contributed by atoms with Crippen LogP contribution in [0.5, 0.6) is 0 Å². The quantitative estimate of drug-likeness (QED) is 0.583. The van der Waals surface area contributed by atoms with Gasteiger partial charge in [-0.15, -0.1) is 12.4 Å². The molecule has 0 unspecified atom stereocenters. The summed E-state index contributed by atoms with van der Waals surface area (Å²) in [5.74, 6) is -0.835. The summed E-state index contributed by atoms with van der Waals surface area (Å²) in [7, 11) is 0. The van der Waals surface area contributed by atoms with Gasteiger partial charge in [0, 0.05) is 12.6 Å². The molecule has 2 N–H and O–H groups in total. The van der Waals surface area contributed by atoms with Gasteiger partial charge in [-0.1, -0.05) is 0 Å². The van der Waals surface area contributed by atoms with Gasteiger partial charge in [0.2, 0.25) is 0 Å². The highest BCUT2D eigenvalue weighted by atomic mass is 35.5. The Morgan fingerprint density at radius 2 is 2.36 bits per heavy atom. The maximum absolute atomic E-state index is 10.2. The number of carboxylic acid groups (broad SMARTS) is 1. The predicted molar refractivity (Wildman–Crippen MR) is 45.1 cm³/mol. The Morgan fingerprint density at radius 3 is 2.82 bits per heavy atom. The van der Waals surface area contributed by atoms with E-state index in [1.807, 2.05) is 0 Å². The van der Waals surface area contributed by atoms with Crippen molar-refractivity contribution in [2.24, 2.45) is 0 Å². The van der Waals surface area contributed by atoms with Crippen LogP contribution in [0.3, 0.4) is 0 Å². The van der Waals surface area contributed by atoms with Crippen LogP contribution in [0.2, 0.25) is 0 Å². The van der Waals surface area contributed by atoms with Crippen LogP contribution in [0, 0.1) is 0 Å². The van der Waals surface area contributed by atoms with Crippen LogP contribution in [0.25, 0.3) is 0 Å². The second-order valence-electron chi connectivity index (χ2n) is 2.42. The van der Waals surface area contributed by atoms with Gasteiger partial charge in [-0.25, -0.2) is 4.79 Å². The Bertz CT molecular complexity index is 160. The van der Waals surface area contributed by atoms with E-state index in [0.29, 0.717) is 0 Å². The standard InChI is InChI=1S/C7H11NO2.ClH/c9-7(10)4-6-2-1-3-8-5-6;/h4,8H,1-3,5H2,(H,9,10);1H/b6-4-;. The average Bonchev–Trinajstić information content (AvgIpc) is 1.88. The van der Waals surface area contributed by atoms with Gasteiger partial charge in [-0.05, 0) is 25.0 Å². The Hall–Kier alpha value is -0.540. The molecule has 0 aliphatic carbocycles. The molecule has 11 heavy (non-hydrogen) atoms. The molecule has 1 rings (SSSR count). The zero-order valence-corrected chi connectivity index (χ0v) is 6.99. The Morgan fingerprint density at radius 1 is 1.64 bits per heavy atom. The maximum Gasteiger partial charge on any atom is 0.328 e. The summed E-state index contributed by atoms with van der Waals surface area (Å²) in [5.41, 5.74) is 0.999. The van der Waals surface area contributed by atoms with Gasteiger partial charge < -0.3 is 10.4 Å². The van der Waals surface area contributed by atoms with Crippen molar-refractivity contribution in [2.75, 3.05) is 13.1 Å². The van der Waals surface area contributed by atoms with E-state index in [9.17, 15) is 4.79 Å². The Kier molecular flexibility index (Phi) is 4.90. The van der Waals surface area contributed by atoms with Crippen LogP contribution in [-0.4, -0.2) is 24.2 Å². The van der Waals surface area contributed by atoms with E-state index in [2.05, 4.69) is 5.32 Å². The first kappa shape index (κ1) is 10.5. The summed E-state index contributed by atoms with van der Waals surface area (Å²) in [6, 6.07) is 0. The van der Waals surface area contributed by atoms with Crippen LogP contribution in [0.1, 0.15) is 12.8 Å². The highest BCUT2D eigenvalue weighted by Crippen LogP contribution is 2.07. The summed E-state index contributed by atoms with van der Waals surface area (Å²) in [4.78, 5) is 10.2. The van der Waals surface area contributed by atoms with E-state index in [1.54, 1.807) is 0 Å². The van der Waals surface area contributed by atoms with Gasteiger partial charge >= 0.3 is 5.97 Å². The minimum Gasteiger partial charge on any atom is -0.478 e. The smallest absolute Gasteiger partial charge is 0.328 e. The number of halogens is 1. The van der Waals surface area contributed by atoms with Gasteiger partial charge in [0.25, 0.3) is 0 Å².